The number of carboxylic acids is 1. The van der Waals surface area contributed by atoms with Crippen LogP contribution in [-0.4, -0.2) is 44.8 Å². The van der Waals surface area contributed by atoms with Gasteiger partial charge in [-0.05, 0) is 42.3 Å². The first-order chi connectivity index (χ1) is 19.9. The van der Waals surface area contributed by atoms with Crippen molar-refractivity contribution in [2.75, 3.05) is 17.7 Å². The number of nitrogens with one attached hydrogen (secondary N) is 3. The zero-order valence-electron chi connectivity index (χ0n) is 23.8. The zero-order chi connectivity index (χ0) is 30.6. The molecule has 218 valence electrons. The summed E-state index contributed by atoms with van der Waals surface area (Å²) in [6.45, 7) is 7.84. The summed E-state index contributed by atoms with van der Waals surface area (Å²) < 4.78 is 7.36. The van der Waals surface area contributed by atoms with Crippen molar-refractivity contribution in [2.45, 2.75) is 39.5 Å². The molecule has 0 spiro atoms. The van der Waals surface area contributed by atoms with E-state index < -0.39 is 12.0 Å². The van der Waals surface area contributed by atoms with E-state index >= 15 is 0 Å². The first kappa shape index (κ1) is 30.1. The number of hydrogen-bond acceptors (Lipinski definition) is 6. The normalized spacial score (nSPS) is 11.1. The highest BCUT2D eigenvalue weighted by Gasteiger charge is 2.24. The van der Waals surface area contributed by atoms with E-state index in [0.717, 1.165) is 0 Å². The number of aromatic nitrogens is 3. The van der Waals surface area contributed by atoms with Gasteiger partial charge in [-0.3, -0.25) is 15.1 Å². The fraction of sp³-hybridized carbons (Fsp3) is 0.233. The molecule has 0 saturated carbocycles. The summed E-state index contributed by atoms with van der Waals surface area (Å²) >= 11 is 6.45. The van der Waals surface area contributed by atoms with Gasteiger partial charge in [0, 0.05) is 36.9 Å². The molecule has 2 heterocycles. The number of aromatic carboxylic acids is 1. The minimum Gasteiger partial charge on any atom is -0.478 e. The number of amides is 3. The number of carbonyl (C=O) groups is 3. The van der Waals surface area contributed by atoms with Gasteiger partial charge in [0.25, 0.3) is 5.91 Å². The van der Waals surface area contributed by atoms with Gasteiger partial charge in [0.15, 0.2) is 0 Å². The van der Waals surface area contributed by atoms with Gasteiger partial charge in [0.05, 0.1) is 27.7 Å². The van der Waals surface area contributed by atoms with Gasteiger partial charge in [0.2, 0.25) is 0 Å². The minimum atomic E-state index is -1.04. The number of rotatable bonds is 8. The Hall–Kier alpha value is -4.90. The topological polar surface area (TPSA) is 147 Å². The van der Waals surface area contributed by atoms with Gasteiger partial charge < -0.3 is 20.5 Å². The molecule has 0 aliphatic heterocycles. The van der Waals surface area contributed by atoms with Crippen LogP contribution in [0.3, 0.4) is 0 Å². The van der Waals surface area contributed by atoms with E-state index in [1.165, 1.54) is 25.4 Å². The number of halogens is 1. The van der Waals surface area contributed by atoms with E-state index in [-0.39, 0.29) is 27.6 Å². The van der Waals surface area contributed by atoms with Crippen LogP contribution < -0.4 is 20.7 Å². The summed E-state index contributed by atoms with van der Waals surface area (Å²) in [6.07, 6.45) is 1.91. The Morgan fingerprint density at radius 3 is 2.40 bits per heavy atom. The lowest BCUT2D eigenvalue weighted by Gasteiger charge is -2.16. The van der Waals surface area contributed by atoms with Crippen LogP contribution in [0.5, 0.6) is 11.5 Å². The fourth-order valence-corrected chi connectivity index (χ4v) is 4.38. The third kappa shape index (κ3) is 6.69. The number of carbonyl (C=O) groups excluding carboxylic acids is 2. The second-order valence-electron chi connectivity index (χ2n) is 10.3. The highest BCUT2D eigenvalue weighted by molar-refractivity contribution is 6.34. The van der Waals surface area contributed by atoms with Crippen LogP contribution in [0.4, 0.5) is 16.3 Å². The lowest BCUT2D eigenvalue weighted by molar-refractivity contribution is 0.0695. The number of hydrogen-bond donors (Lipinski definition) is 4. The molecule has 12 heteroatoms. The molecule has 0 aliphatic carbocycles. The molecule has 42 heavy (non-hydrogen) atoms. The monoisotopic (exact) mass is 590 g/mol. The number of urea groups is 1. The first-order valence-corrected chi connectivity index (χ1v) is 13.5. The number of ether oxygens (including phenoxy) is 1. The summed E-state index contributed by atoms with van der Waals surface area (Å²) in [5, 5.41) is 22.7. The molecule has 0 saturated heterocycles. The number of nitrogens with zero attached hydrogens (tertiary/aromatic N) is 3. The summed E-state index contributed by atoms with van der Waals surface area (Å²) in [5.74, 6) is -0.254. The molecule has 4 rings (SSSR count). The Kier molecular flexibility index (Phi) is 8.82. The molecule has 3 amide bonds. The van der Waals surface area contributed by atoms with E-state index in [4.69, 9.17) is 21.4 Å². The molecule has 2 aromatic heterocycles. The molecule has 0 aliphatic rings. The van der Waals surface area contributed by atoms with Crippen LogP contribution in [0.15, 0.2) is 60.8 Å². The van der Waals surface area contributed by atoms with Gasteiger partial charge in [0.1, 0.15) is 23.0 Å². The molecule has 0 radical (unpaired) electrons. The van der Waals surface area contributed by atoms with E-state index in [1.54, 1.807) is 47.1 Å². The van der Waals surface area contributed by atoms with Crippen molar-refractivity contribution < 1.29 is 24.2 Å². The highest BCUT2D eigenvalue weighted by Crippen LogP contribution is 2.32. The summed E-state index contributed by atoms with van der Waals surface area (Å²) in [4.78, 5) is 40.8. The van der Waals surface area contributed by atoms with Gasteiger partial charge in [-0.1, -0.05) is 45.4 Å². The van der Waals surface area contributed by atoms with E-state index in [1.807, 2.05) is 27.7 Å². The molecular formula is C30H31ClN6O5. The molecule has 2 aromatic carbocycles. The van der Waals surface area contributed by atoms with Crippen LogP contribution in [0.25, 0.3) is 5.69 Å². The Morgan fingerprint density at radius 1 is 1.02 bits per heavy atom. The maximum absolute atomic E-state index is 13.1. The molecule has 0 unspecified atom stereocenters. The van der Waals surface area contributed by atoms with Gasteiger partial charge >= 0.3 is 12.0 Å². The van der Waals surface area contributed by atoms with Crippen molar-refractivity contribution in [3.05, 3.63) is 88.3 Å². The molecule has 4 N–H and O–H groups in total. The summed E-state index contributed by atoms with van der Waals surface area (Å²) in [7, 11) is 1.51. The second-order valence-corrected chi connectivity index (χ2v) is 10.7. The largest absolute Gasteiger partial charge is 0.478 e. The number of anilines is 2. The molecule has 4 aromatic rings. The average Bonchev–Trinajstić information content (AvgIpc) is 3.37. The third-order valence-corrected chi connectivity index (χ3v) is 6.61. The quantitative estimate of drug-likeness (QED) is 0.189. The van der Waals surface area contributed by atoms with Crippen molar-refractivity contribution >= 4 is 41.0 Å². The van der Waals surface area contributed by atoms with E-state index in [2.05, 4.69) is 20.9 Å². The first-order valence-electron chi connectivity index (χ1n) is 13.1. The van der Waals surface area contributed by atoms with E-state index in [0.29, 0.717) is 46.4 Å². The predicted octanol–water partition coefficient (Wildman–Crippen LogP) is 6.27. The molecule has 0 atom stereocenters. The van der Waals surface area contributed by atoms with Gasteiger partial charge in [-0.2, -0.15) is 5.10 Å². The van der Waals surface area contributed by atoms with Crippen LogP contribution >= 0.6 is 11.6 Å². The van der Waals surface area contributed by atoms with Crippen LogP contribution in [0, 0.1) is 0 Å². The van der Waals surface area contributed by atoms with Crippen LogP contribution in [0.1, 0.15) is 59.8 Å². The van der Waals surface area contributed by atoms with Crippen molar-refractivity contribution in [3.8, 4) is 17.2 Å². The molecule has 11 nitrogen and oxygen atoms in total. The standard InChI is InChI=1S/C30H31ClN6O5/c1-6-19-20(28(39)40)8-7-9-24(19)37-26(16-25(36-37)30(2,3)4)35-29(41)34-22-11-10-17(14-21(22)31)42-18-12-13-33-23(15-18)27(38)32-5/h7-16H,6H2,1-5H3,(H,32,38)(H,39,40)(H2,34,35,41). The highest BCUT2D eigenvalue weighted by atomic mass is 35.5. The van der Waals surface area contributed by atoms with Crippen molar-refractivity contribution in [1.82, 2.24) is 20.1 Å². The lowest BCUT2D eigenvalue weighted by atomic mass is 9.92. The maximum Gasteiger partial charge on any atom is 0.336 e. The predicted molar refractivity (Wildman–Crippen MR) is 160 cm³/mol. The number of benzene rings is 2. The van der Waals surface area contributed by atoms with Gasteiger partial charge in [-0.25, -0.2) is 14.3 Å². The number of pyridine rings is 1. The minimum absolute atomic E-state index is 0.170. The smallest absolute Gasteiger partial charge is 0.336 e. The Bertz CT molecular complexity index is 1660. The van der Waals surface area contributed by atoms with Crippen molar-refractivity contribution in [1.29, 1.82) is 0 Å². The summed E-state index contributed by atoms with van der Waals surface area (Å²) in [5.41, 5.74) is 2.20. The zero-order valence-corrected chi connectivity index (χ0v) is 24.5. The second kappa shape index (κ2) is 12.3. The Labute approximate surface area is 247 Å². The lowest BCUT2D eigenvalue weighted by Crippen LogP contribution is -2.22. The Morgan fingerprint density at radius 2 is 1.76 bits per heavy atom. The van der Waals surface area contributed by atoms with Crippen molar-refractivity contribution in [2.24, 2.45) is 0 Å². The number of carboxylic acid groups (broad SMARTS) is 1. The maximum atomic E-state index is 13.1. The SMILES string of the molecule is CCc1c(C(=O)O)cccc1-n1nc(C(C)(C)C)cc1NC(=O)Nc1ccc(Oc2ccnc(C(=O)NC)c2)cc1Cl. The molecule has 0 bridgehead atoms. The van der Waals surface area contributed by atoms with Gasteiger partial charge in [-0.15, -0.1) is 0 Å². The summed E-state index contributed by atoms with van der Waals surface area (Å²) in [6, 6.07) is 14.0. The van der Waals surface area contributed by atoms with E-state index in [9.17, 15) is 19.5 Å². The fourth-order valence-electron chi connectivity index (χ4n) is 4.16. The van der Waals surface area contributed by atoms with Crippen molar-refractivity contribution in [3.63, 3.8) is 0 Å². The van der Waals surface area contributed by atoms with Crippen LogP contribution in [0.2, 0.25) is 5.02 Å². The van der Waals surface area contributed by atoms with Crippen LogP contribution in [-0.2, 0) is 11.8 Å². The molecular weight excluding hydrogens is 560 g/mol. The molecule has 0 fully saturated rings. The third-order valence-electron chi connectivity index (χ3n) is 6.30. The Balaban J connectivity index is 1.57. The average molecular weight is 591 g/mol.